The van der Waals surface area contributed by atoms with Gasteiger partial charge < -0.3 is 47.9 Å². The van der Waals surface area contributed by atoms with Gasteiger partial charge in [-0.2, -0.15) is 0 Å². The fraction of sp³-hybridized carbons (Fsp3) is 0.415. The predicted octanol–water partition coefficient (Wildman–Crippen LogP) is 6.73. The molecule has 7 rings (SSSR count). The van der Waals surface area contributed by atoms with E-state index in [-0.39, 0.29) is 12.1 Å². The van der Waals surface area contributed by atoms with Gasteiger partial charge in [0, 0.05) is 41.4 Å². The molecule has 0 aromatic heterocycles. The van der Waals surface area contributed by atoms with E-state index in [2.05, 4.69) is 41.5 Å². The summed E-state index contributed by atoms with van der Waals surface area (Å²) in [5, 5.41) is 3.71. The topological polar surface area (TPSA) is 98.3 Å². The van der Waals surface area contributed by atoms with Gasteiger partial charge in [-0.3, -0.25) is 4.90 Å². The maximum Gasteiger partial charge on any atom is 0.204 e. The molecule has 2 aliphatic heterocycles. The van der Waals surface area contributed by atoms with E-state index in [9.17, 15) is 0 Å². The van der Waals surface area contributed by atoms with Gasteiger partial charge in [-0.25, -0.2) is 0 Å². The first kappa shape index (κ1) is 35.4. The first-order chi connectivity index (χ1) is 25.3. The van der Waals surface area contributed by atoms with E-state index in [1.807, 2.05) is 12.1 Å². The molecule has 3 aliphatic rings. The lowest BCUT2D eigenvalue weighted by Crippen LogP contribution is -2.36. The van der Waals surface area contributed by atoms with Crippen molar-refractivity contribution < 1.29 is 42.6 Å². The molecule has 0 spiro atoms. The third kappa shape index (κ3) is 5.85. The molecule has 2 heterocycles. The Morgan fingerprint density at radius 2 is 1.23 bits per heavy atom. The van der Waals surface area contributed by atoms with Gasteiger partial charge in [-0.15, -0.1) is 0 Å². The van der Waals surface area contributed by atoms with Crippen LogP contribution in [0.2, 0.25) is 0 Å². The molecule has 11 nitrogen and oxygen atoms in total. The van der Waals surface area contributed by atoms with E-state index >= 15 is 0 Å². The van der Waals surface area contributed by atoms with Crippen LogP contribution in [0.25, 0.3) is 11.1 Å². The van der Waals surface area contributed by atoms with Crippen molar-refractivity contribution in [1.29, 1.82) is 0 Å². The Kier molecular flexibility index (Phi) is 9.91. The molecule has 52 heavy (non-hydrogen) atoms. The molecule has 4 aromatic rings. The zero-order valence-electron chi connectivity index (χ0n) is 31.5. The van der Waals surface area contributed by atoms with Crippen molar-refractivity contribution in [3.05, 3.63) is 69.8 Å². The molecule has 0 saturated carbocycles. The van der Waals surface area contributed by atoms with E-state index in [0.29, 0.717) is 52.4 Å². The molecule has 0 radical (unpaired) electrons. The highest BCUT2D eigenvalue weighted by Crippen LogP contribution is 2.58. The SMILES string of the molecule is COc1cc(CC2NCCc3cc(OC)c(OC)cc32)c(Oc2cc3c(cc2OC)-c2c(OC)c(OC)c(OC)c4c2C(C3)N(C)CC4)cc1OC. The summed E-state index contributed by atoms with van der Waals surface area (Å²) in [6, 6.07) is 12.3. The zero-order valence-corrected chi connectivity index (χ0v) is 31.5. The Morgan fingerprint density at radius 1 is 0.615 bits per heavy atom. The Morgan fingerprint density at radius 3 is 1.90 bits per heavy atom. The van der Waals surface area contributed by atoms with Crippen LogP contribution in [0.1, 0.15) is 45.5 Å². The molecule has 2 atom stereocenters. The molecule has 0 amide bonds. The number of nitrogens with zero attached hydrogens (tertiary/aromatic N) is 1. The van der Waals surface area contributed by atoms with Gasteiger partial charge in [-0.1, -0.05) is 0 Å². The van der Waals surface area contributed by atoms with Gasteiger partial charge >= 0.3 is 0 Å². The number of nitrogens with one attached hydrogen (secondary N) is 1. The highest BCUT2D eigenvalue weighted by molar-refractivity contribution is 5.87. The Bertz CT molecular complexity index is 1990. The minimum absolute atomic E-state index is 0.0126. The van der Waals surface area contributed by atoms with Gasteiger partial charge in [0.15, 0.2) is 46.0 Å². The average Bonchev–Trinajstić information content (AvgIpc) is 3.18. The maximum absolute atomic E-state index is 6.89. The maximum atomic E-state index is 6.89. The number of hydrogen-bond acceptors (Lipinski definition) is 11. The number of methoxy groups -OCH3 is 8. The second-order valence-electron chi connectivity index (χ2n) is 13.3. The molecule has 1 N–H and O–H groups in total. The predicted molar refractivity (Wildman–Crippen MR) is 198 cm³/mol. The second kappa shape index (κ2) is 14.6. The van der Waals surface area contributed by atoms with Crippen LogP contribution in [0.4, 0.5) is 0 Å². The van der Waals surface area contributed by atoms with Crippen LogP contribution in [-0.2, 0) is 25.7 Å². The van der Waals surface area contributed by atoms with Crippen LogP contribution in [0.5, 0.6) is 57.5 Å². The van der Waals surface area contributed by atoms with Gasteiger partial charge in [0.2, 0.25) is 5.75 Å². The van der Waals surface area contributed by atoms with Crippen LogP contribution >= 0.6 is 0 Å². The first-order valence-electron chi connectivity index (χ1n) is 17.5. The van der Waals surface area contributed by atoms with Crippen LogP contribution in [0, 0.1) is 0 Å². The first-order valence-corrected chi connectivity index (χ1v) is 17.5. The van der Waals surface area contributed by atoms with Crippen LogP contribution < -0.4 is 47.9 Å². The fourth-order valence-electron chi connectivity index (χ4n) is 8.25. The van der Waals surface area contributed by atoms with Crippen molar-refractivity contribution in [2.45, 2.75) is 37.8 Å². The summed E-state index contributed by atoms with van der Waals surface area (Å²) in [6.45, 7) is 1.72. The van der Waals surface area contributed by atoms with Gasteiger partial charge in [0.05, 0.1) is 56.9 Å². The third-order valence-corrected chi connectivity index (χ3v) is 10.8. The summed E-state index contributed by atoms with van der Waals surface area (Å²) in [4.78, 5) is 2.40. The van der Waals surface area contributed by atoms with E-state index in [0.717, 1.165) is 77.2 Å². The fourth-order valence-corrected chi connectivity index (χ4v) is 8.25. The van der Waals surface area contributed by atoms with E-state index in [1.54, 1.807) is 56.9 Å². The monoisotopic (exact) mass is 712 g/mol. The minimum atomic E-state index is -0.0126. The van der Waals surface area contributed by atoms with Crippen molar-refractivity contribution >= 4 is 0 Å². The van der Waals surface area contributed by atoms with Crippen molar-refractivity contribution in [2.75, 3.05) is 77.0 Å². The number of fused-ring (bicyclic) bond motifs is 3. The van der Waals surface area contributed by atoms with Gasteiger partial charge in [-0.05, 0) is 97.4 Å². The lowest BCUT2D eigenvalue weighted by molar-refractivity contribution is 0.222. The molecule has 0 bridgehead atoms. The zero-order chi connectivity index (χ0) is 36.7. The molecule has 4 aromatic carbocycles. The van der Waals surface area contributed by atoms with Gasteiger partial charge in [0.1, 0.15) is 5.75 Å². The average molecular weight is 713 g/mol. The molecular weight excluding hydrogens is 664 g/mol. The second-order valence-corrected chi connectivity index (χ2v) is 13.3. The van der Waals surface area contributed by atoms with Crippen LogP contribution in [-0.4, -0.2) is 81.9 Å². The smallest absolute Gasteiger partial charge is 0.204 e. The molecular formula is C41H48N2O9. The highest BCUT2D eigenvalue weighted by Gasteiger charge is 2.40. The highest BCUT2D eigenvalue weighted by atomic mass is 16.5. The number of benzene rings is 4. The number of hydrogen-bond donors (Lipinski definition) is 1. The Labute approximate surface area is 305 Å². The quantitative estimate of drug-likeness (QED) is 0.169. The molecule has 0 fully saturated rings. The van der Waals surface area contributed by atoms with Crippen molar-refractivity contribution in [3.8, 4) is 68.6 Å². The minimum Gasteiger partial charge on any atom is -0.493 e. The summed E-state index contributed by atoms with van der Waals surface area (Å²) < 4.78 is 53.7. The van der Waals surface area contributed by atoms with E-state index in [4.69, 9.17) is 42.6 Å². The van der Waals surface area contributed by atoms with Crippen molar-refractivity contribution in [1.82, 2.24) is 10.2 Å². The summed E-state index contributed by atoms with van der Waals surface area (Å²) in [5.41, 5.74) is 8.83. The molecule has 11 heteroatoms. The number of likely N-dealkylation sites (N-methyl/N-ethyl adjacent to an activating group) is 1. The van der Waals surface area contributed by atoms with Crippen molar-refractivity contribution in [3.63, 3.8) is 0 Å². The molecule has 0 saturated heterocycles. The summed E-state index contributed by atoms with van der Waals surface area (Å²) >= 11 is 0. The summed E-state index contributed by atoms with van der Waals surface area (Å²) in [6.07, 6.45) is 3.12. The van der Waals surface area contributed by atoms with E-state index in [1.165, 1.54) is 11.1 Å². The van der Waals surface area contributed by atoms with Crippen molar-refractivity contribution in [2.24, 2.45) is 0 Å². The number of ether oxygens (including phenoxy) is 9. The Balaban J connectivity index is 1.34. The number of rotatable bonds is 12. The molecule has 2 unspecified atom stereocenters. The standard InChI is InChI=1S/C41H48N2O9/c1-43-13-11-25-37-29(43)15-23-17-36(34(47-5)20-27(23)38(37)40(50-8)41(51-9)39(25)49-7)52-30-21-35(48-6)32(45-3)18-24(30)14-28-26-19-33(46-4)31(44-2)16-22(26)10-12-42-28/h16-21,28-29,42H,10-15H2,1-9H3. The Hall–Kier alpha value is -5.00. The lowest BCUT2D eigenvalue weighted by Gasteiger charge is -2.41. The van der Waals surface area contributed by atoms with E-state index < -0.39 is 0 Å². The van der Waals surface area contributed by atoms with Crippen LogP contribution in [0.3, 0.4) is 0 Å². The van der Waals surface area contributed by atoms with Gasteiger partial charge in [0.25, 0.3) is 0 Å². The summed E-state index contributed by atoms with van der Waals surface area (Å²) in [5.74, 6) is 6.41. The van der Waals surface area contributed by atoms with Crippen LogP contribution in [0.15, 0.2) is 36.4 Å². The molecule has 276 valence electrons. The lowest BCUT2D eigenvalue weighted by atomic mass is 9.76. The third-order valence-electron chi connectivity index (χ3n) is 10.8. The largest absolute Gasteiger partial charge is 0.493 e. The molecule has 1 aliphatic carbocycles. The normalized spacial score (nSPS) is 17.2. The summed E-state index contributed by atoms with van der Waals surface area (Å²) in [7, 11) is 15.5.